The molecular weight excluding hydrogens is 349 g/mol. The highest BCUT2D eigenvalue weighted by atomic mass is 19.1. The molecule has 1 saturated heterocycles. The Hall–Kier alpha value is -2.74. The maximum absolute atomic E-state index is 13.6. The second kappa shape index (κ2) is 8.77. The summed E-state index contributed by atoms with van der Waals surface area (Å²) in [5.74, 6) is 0.694. The van der Waals surface area contributed by atoms with E-state index in [1.54, 1.807) is 19.1 Å². The number of hydrogen-bond acceptors (Lipinski definition) is 6. The van der Waals surface area contributed by atoms with Crippen LogP contribution in [0.3, 0.4) is 0 Å². The van der Waals surface area contributed by atoms with E-state index in [0.29, 0.717) is 43.4 Å². The quantitative estimate of drug-likeness (QED) is 0.753. The van der Waals surface area contributed by atoms with Crippen molar-refractivity contribution in [2.75, 3.05) is 49.6 Å². The number of nitrogens with one attached hydrogen (secondary N) is 2. The summed E-state index contributed by atoms with van der Waals surface area (Å²) in [7, 11) is 0. The fourth-order valence-corrected chi connectivity index (χ4v) is 2.77. The van der Waals surface area contributed by atoms with E-state index in [1.165, 1.54) is 6.07 Å². The number of aryl methyl sites for hydroxylation is 2. The largest absolute Gasteiger partial charge is 0.378 e. The van der Waals surface area contributed by atoms with Crippen LogP contribution < -0.4 is 15.5 Å². The number of amides is 1. The lowest BCUT2D eigenvalue weighted by atomic mass is 10.1. The Balaban J connectivity index is 1.51. The van der Waals surface area contributed by atoms with E-state index in [1.807, 2.05) is 13.0 Å². The Morgan fingerprint density at radius 1 is 1.19 bits per heavy atom. The summed E-state index contributed by atoms with van der Waals surface area (Å²) < 4.78 is 18.9. The van der Waals surface area contributed by atoms with Gasteiger partial charge in [-0.3, -0.25) is 4.79 Å². The zero-order valence-electron chi connectivity index (χ0n) is 15.6. The van der Waals surface area contributed by atoms with Crippen molar-refractivity contribution in [1.82, 2.24) is 15.3 Å². The van der Waals surface area contributed by atoms with Crippen molar-refractivity contribution in [1.29, 1.82) is 0 Å². The van der Waals surface area contributed by atoms with Crippen LogP contribution in [0.25, 0.3) is 0 Å². The van der Waals surface area contributed by atoms with Crippen LogP contribution in [-0.4, -0.2) is 55.3 Å². The molecule has 1 aliphatic rings. The standard InChI is InChI=1S/C19H24FN5O2/c1-13-3-4-15(12-16(13)20)18(26)21-5-6-22-19-23-14(2)11-17(24-19)25-7-9-27-10-8-25/h3-4,11-12H,5-10H2,1-2H3,(H,21,26)(H,22,23,24). The molecule has 1 fully saturated rings. The van der Waals surface area contributed by atoms with Crippen LogP contribution in [0, 0.1) is 19.7 Å². The average molecular weight is 373 g/mol. The van der Waals surface area contributed by atoms with Gasteiger partial charge in [-0.2, -0.15) is 4.98 Å². The summed E-state index contributed by atoms with van der Waals surface area (Å²) in [4.78, 5) is 23.2. The van der Waals surface area contributed by atoms with Gasteiger partial charge >= 0.3 is 0 Å². The molecule has 2 aromatic rings. The van der Waals surface area contributed by atoms with Gasteiger partial charge in [-0.1, -0.05) is 6.07 Å². The minimum atomic E-state index is -0.385. The SMILES string of the molecule is Cc1cc(N2CCOCC2)nc(NCCNC(=O)c2ccc(C)c(F)c2)n1. The first-order valence-electron chi connectivity index (χ1n) is 8.99. The summed E-state index contributed by atoms with van der Waals surface area (Å²) in [5, 5.41) is 5.88. The van der Waals surface area contributed by atoms with Gasteiger partial charge in [0.25, 0.3) is 5.91 Å². The Labute approximate surface area is 158 Å². The van der Waals surface area contributed by atoms with Crippen LogP contribution in [0.2, 0.25) is 0 Å². The Morgan fingerprint density at radius 3 is 2.70 bits per heavy atom. The van der Waals surface area contributed by atoms with Gasteiger partial charge in [-0.15, -0.1) is 0 Å². The van der Waals surface area contributed by atoms with E-state index in [2.05, 4.69) is 25.5 Å². The van der Waals surface area contributed by atoms with Crippen LogP contribution >= 0.6 is 0 Å². The van der Waals surface area contributed by atoms with Crippen molar-refractivity contribution in [3.63, 3.8) is 0 Å². The van der Waals surface area contributed by atoms with Crippen LogP contribution in [0.5, 0.6) is 0 Å². The molecular formula is C19H24FN5O2. The fraction of sp³-hybridized carbons (Fsp3) is 0.421. The summed E-state index contributed by atoms with van der Waals surface area (Å²) in [6.45, 7) is 7.41. The predicted molar refractivity (Wildman–Crippen MR) is 102 cm³/mol. The lowest BCUT2D eigenvalue weighted by molar-refractivity contribution is 0.0954. The van der Waals surface area contributed by atoms with Crippen LogP contribution in [-0.2, 0) is 4.74 Å². The molecule has 2 heterocycles. The monoisotopic (exact) mass is 373 g/mol. The van der Waals surface area contributed by atoms with Gasteiger partial charge in [0.1, 0.15) is 11.6 Å². The maximum Gasteiger partial charge on any atom is 0.251 e. The van der Waals surface area contributed by atoms with E-state index in [-0.39, 0.29) is 11.7 Å². The lowest BCUT2D eigenvalue weighted by Crippen LogP contribution is -2.37. The first kappa shape index (κ1) is 19.0. The molecule has 0 spiro atoms. The first-order chi connectivity index (χ1) is 13.0. The molecule has 1 amide bonds. The van der Waals surface area contributed by atoms with Gasteiger partial charge < -0.3 is 20.3 Å². The average Bonchev–Trinajstić information content (AvgIpc) is 2.67. The number of nitrogens with zero attached hydrogens (tertiary/aromatic N) is 3. The highest BCUT2D eigenvalue weighted by molar-refractivity contribution is 5.94. The first-order valence-corrected chi connectivity index (χ1v) is 8.99. The Kier molecular flexibility index (Phi) is 6.18. The Bertz CT molecular complexity index is 809. The van der Waals surface area contributed by atoms with Gasteiger partial charge in [-0.25, -0.2) is 9.37 Å². The molecule has 1 aliphatic heterocycles. The normalized spacial score (nSPS) is 14.1. The van der Waals surface area contributed by atoms with E-state index in [4.69, 9.17) is 4.74 Å². The van der Waals surface area contributed by atoms with Crippen LogP contribution in [0.1, 0.15) is 21.6 Å². The van der Waals surface area contributed by atoms with E-state index < -0.39 is 0 Å². The molecule has 0 aliphatic carbocycles. The van der Waals surface area contributed by atoms with Crippen molar-refractivity contribution in [3.8, 4) is 0 Å². The number of carbonyl (C=O) groups is 1. The van der Waals surface area contributed by atoms with Gasteiger partial charge in [0, 0.05) is 43.5 Å². The molecule has 27 heavy (non-hydrogen) atoms. The number of carbonyl (C=O) groups excluding carboxylic acids is 1. The molecule has 0 unspecified atom stereocenters. The molecule has 7 nitrogen and oxygen atoms in total. The van der Waals surface area contributed by atoms with Gasteiger partial charge in [0.05, 0.1) is 13.2 Å². The molecule has 1 aromatic heterocycles. The number of morpholine rings is 1. The predicted octanol–water partition coefficient (Wildman–Crippen LogP) is 1.91. The van der Waals surface area contributed by atoms with Crippen molar-refractivity contribution < 1.29 is 13.9 Å². The zero-order chi connectivity index (χ0) is 19.2. The molecule has 2 N–H and O–H groups in total. The number of rotatable bonds is 6. The van der Waals surface area contributed by atoms with E-state index in [0.717, 1.165) is 24.6 Å². The molecule has 3 rings (SSSR count). The minimum absolute atomic E-state index is 0.305. The molecule has 8 heteroatoms. The highest BCUT2D eigenvalue weighted by Crippen LogP contribution is 2.16. The number of ether oxygens (including phenoxy) is 1. The summed E-state index contributed by atoms with van der Waals surface area (Å²) in [6.07, 6.45) is 0. The molecule has 1 aromatic carbocycles. The Morgan fingerprint density at radius 2 is 1.96 bits per heavy atom. The van der Waals surface area contributed by atoms with E-state index in [9.17, 15) is 9.18 Å². The third kappa shape index (κ3) is 5.13. The topological polar surface area (TPSA) is 79.4 Å². The molecule has 0 saturated carbocycles. The lowest BCUT2D eigenvalue weighted by Gasteiger charge is -2.28. The van der Waals surface area contributed by atoms with Crippen LogP contribution in [0.15, 0.2) is 24.3 Å². The van der Waals surface area contributed by atoms with Gasteiger partial charge in [0.2, 0.25) is 5.95 Å². The third-order valence-electron chi connectivity index (χ3n) is 4.30. The summed E-state index contributed by atoms with van der Waals surface area (Å²) in [5.41, 5.74) is 1.69. The molecule has 0 bridgehead atoms. The number of anilines is 2. The van der Waals surface area contributed by atoms with Crippen molar-refractivity contribution in [2.45, 2.75) is 13.8 Å². The molecule has 0 atom stereocenters. The highest BCUT2D eigenvalue weighted by Gasteiger charge is 2.14. The van der Waals surface area contributed by atoms with Crippen molar-refractivity contribution in [2.24, 2.45) is 0 Å². The molecule has 0 radical (unpaired) electrons. The second-order valence-corrected chi connectivity index (χ2v) is 6.44. The fourth-order valence-electron chi connectivity index (χ4n) is 2.77. The number of benzene rings is 1. The smallest absolute Gasteiger partial charge is 0.251 e. The summed E-state index contributed by atoms with van der Waals surface area (Å²) in [6, 6.07) is 6.40. The third-order valence-corrected chi connectivity index (χ3v) is 4.30. The second-order valence-electron chi connectivity index (χ2n) is 6.44. The van der Waals surface area contributed by atoms with Crippen LogP contribution in [0.4, 0.5) is 16.2 Å². The minimum Gasteiger partial charge on any atom is -0.378 e. The number of hydrogen-bond donors (Lipinski definition) is 2. The zero-order valence-corrected chi connectivity index (χ0v) is 15.6. The van der Waals surface area contributed by atoms with Gasteiger partial charge in [-0.05, 0) is 31.5 Å². The molecule has 144 valence electrons. The van der Waals surface area contributed by atoms with Gasteiger partial charge in [0.15, 0.2) is 0 Å². The number of aromatic nitrogens is 2. The van der Waals surface area contributed by atoms with Crippen molar-refractivity contribution >= 4 is 17.7 Å². The number of halogens is 1. The van der Waals surface area contributed by atoms with E-state index >= 15 is 0 Å². The maximum atomic E-state index is 13.6. The van der Waals surface area contributed by atoms with Crippen molar-refractivity contribution in [3.05, 3.63) is 46.9 Å². The summed E-state index contributed by atoms with van der Waals surface area (Å²) >= 11 is 0.